The fourth-order valence-corrected chi connectivity index (χ4v) is 1.82. The van der Waals surface area contributed by atoms with Gasteiger partial charge in [-0.25, -0.2) is 0 Å². The van der Waals surface area contributed by atoms with Gasteiger partial charge in [0.15, 0.2) is 0 Å². The summed E-state index contributed by atoms with van der Waals surface area (Å²) in [6, 6.07) is 6.88. The van der Waals surface area contributed by atoms with Gasteiger partial charge in [-0.15, -0.1) is 0 Å². The number of ether oxygens (including phenoxy) is 1. The lowest BCUT2D eigenvalue weighted by molar-refractivity contribution is 0.162. The minimum Gasteiger partial charge on any atom is -0.490 e. The molecule has 1 aromatic rings. The Balaban J connectivity index is 1.93. The maximum atomic E-state index is 8.94. The van der Waals surface area contributed by atoms with Crippen LogP contribution in [0.4, 0.5) is 0 Å². The van der Waals surface area contributed by atoms with Crippen LogP contribution < -0.4 is 15.5 Å². The van der Waals surface area contributed by atoms with E-state index >= 15 is 0 Å². The molecule has 2 rings (SSSR count). The molecule has 1 fully saturated rings. The van der Waals surface area contributed by atoms with E-state index in [1.54, 1.807) is 24.3 Å². The van der Waals surface area contributed by atoms with Gasteiger partial charge in [-0.05, 0) is 43.5 Å². The van der Waals surface area contributed by atoms with E-state index in [-0.39, 0.29) is 6.10 Å². The van der Waals surface area contributed by atoms with Crippen LogP contribution in [0.2, 0.25) is 0 Å². The minimum absolute atomic E-state index is 0.270. The van der Waals surface area contributed by atoms with Crippen molar-refractivity contribution in [1.29, 1.82) is 0 Å². The van der Waals surface area contributed by atoms with E-state index in [4.69, 9.17) is 14.8 Å². The smallest absolute Gasteiger partial charge is 0.488 e. The predicted octanol–water partition coefficient (Wildman–Crippen LogP) is -0.503. The molecule has 0 bridgehead atoms. The molecule has 1 aliphatic rings. The van der Waals surface area contributed by atoms with Gasteiger partial charge in [0, 0.05) is 0 Å². The molecular weight excluding hydrogens is 205 g/mol. The largest absolute Gasteiger partial charge is 0.490 e. The molecule has 0 amide bonds. The number of hydrogen-bond donors (Lipinski definition) is 3. The SMILES string of the molecule is OB(O)c1ccc(OC2CCNCC2)cc1. The molecule has 16 heavy (non-hydrogen) atoms. The summed E-state index contributed by atoms with van der Waals surface area (Å²) in [5.41, 5.74) is 0.484. The molecule has 1 aliphatic heterocycles. The molecule has 0 saturated carbocycles. The normalized spacial score (nSPS) is 17.1. The maximum absolute atomic E-state index is 8.94. The van der Waals surface area contributed by atoms with Gasteiger partial charge in [-0.3, -0.25) is 0 Å². The summed E-state index contributed by atoms with van der Waals surface area (Å²) in [5, 5.41) is 21.2. The Morgan fingerprint density at radius 3 is 2.31 bits per heavy atom. The first kappa shape index (κ1) is 11.5. The van der Waals surface area contributed by atoms with Gasteiger partial charge in [0.05, 0.1) is 0 Å². The Kier molecular flexibility index (Phi) is 3.82. The Labute approximate surface area is 95.4 Å². The van der Waals surface area contributed by atoms with Gasteiger partial charge in [0.25, 0.3) is 0 Å². The van der Waals surface area contributed by atoms with Crippen molar-refractivity contribution in [2.24, 2.45) is 0 Å². The highest BCUT2D eigenvalue weighted by atomic mass is 16.5. The van der Waals surface area contributed by atoms with E-state index in [2.05, 4.69) is 5.32 Å². The maximum Gasteiger partial charge on any atom is 0.488 e. The second-order valence-corrected chi connectivity index (χ2v) is 4.01. The summed E-state index contributed by atoms with van der Waals surface area (Å²) in [7, 11) is -1.41. The molecule has 1 heterocycles. The molecule has 0 spiro atoms. The molecule has 0 aromatic heterocycles. The van der Waals surface area contributed by atoms with Crippen molar-refractivity contribution in [1.82, 2.24) is 5.32 Å². The van der Waals surface area contributed by atoms with Crippen molar-refractivity contribution in [2.75, 3.05) is 13.1 Å². The third-order valence-electron chi connectivity index (χ3n) is 2.77. The summed E-state index contributed by atoms with van der Waals surface area (Å²) in [5.74, 6) is 0.788. The van der Waals surface area contributed by atoms with Crippen LogP contribution in [0.3, 0.4) is 0 Å². The standard InChI is InChI=1S/C11H16BNO3/c14-12(15)9-1-3-10(4-2-9)16-11-5-7-13-8-6-11/h1-4,11,13-15H,5-8H2. The highest BCUT2D eigenvalue weighted by molar-refractivity contribution is 6.58. The third kappa shape index (κ3) is 2.98. The van der Waals surface area contributed by atoms with Crippen molar-refractivity contribution >= 4 is 12.6 Å². The molecular formula is C11H16BNO3. The summed E-state index contributed by atoms with van der Waals surface area (Å²) < 4.78 is 5.79. The van der Waals surface area contributed by atoms with Crippen LogP contribution >= 0.6 is 0 Å². The Hall–Kier alpha value is -1.04. The molecule has 5 heteroatoms. The topological polar surface area (TPSA) is 61.7 Å². The second-order valence-electron chi connectivity index (χ2n) is 4.01. The van der Waals surface area contributed by atoms with Crippen LogP contribution in [0, 0.1) is 0 Å². The molecule has 4 nitrogen and oxygen atoms in total. The number of benzene rings is 1. The molecule has 0 radical (unpaired) electrons. The highest BCUT2D eigenvalue weighted by Crippen LogP contribution is 2.15. The first-order valence-corrected chi connectivity index (χ1v) is 5.59. The van der Waals surface area contributed by atoms with Crippen molar-refractivity contribution < 1.29 is 14.8 Å². The minimum atomic E-state index is -1.41. The quantitative estimate of drug-likeness (QED) is 0.602. The van der Waals surface area contributed by atoms with Gasteiger partial charge in [-0.2, -0.15) is 0 Å². The summed E-state index contributed by atoms with van der Waals surface area (Å²) in [4.78, 5) is 0. The number of hydrogen-bond acceptors (Lipinski definition) is 4. The molecule has 3 N–H and O–H groups in total. The average molecular weight is 221 g/mol. The van der Waals surface area contributed by atoms with Gasteiger partial charge < -0.3 is 20.1 Å². The zero-order chi connectivity index (χ0) is 11.4. The highest BCUT2D eigenvalue weighted by Gasteiger charge is 2.15. The van der Waals surface area contributed by atoms with Crippen molar-refractivity contribution in [3.63, 3.8) is 0 Å². The molecule has 86 valence electrons. The monoisotopic (exact) mass is 221 g/mol. The van der Waals surface area contributed by atoms with E-state index in [1.807, 2.05) is 0 Å². The molecule has 0 aliphatic carbocycles. The van der Waals surface area contributed by atoms with Crippen molar-refractivity contribution in [3.8, 4) is 5.75 Å². The van der Waals surface area contributed by atoms with Crippen molar-refractivity contribution in [3.05, 3.63) is 24.3 Å². The predicted molar refractivity (Wildman–Crippen MR) is 62.8 cm³/mol. The zero-order valence-corrected chi connectivity index (χ0v) is 9.10. The van der Waals surface area contributed by atoms with Gasteiger partial charge in [-0.1, -0.05) is 12.1 Å². The van der Waals surface area contributed by atoms with E-state index in [0.29, 0.717) is 5.46 Å². The van der Waals surface area contributed by atoms with Gasteiger partial charge >= 0.3 is 7.12 Å². The fourth-order valence-electron chi connectivity index (χ4n) is 1.82. The fraction of sp³-hybridized carbons (Fsp3) is 0.455. The van der Waals surface area contributed by atoms with E-state index in [0.717, 1.165) is 31.7 Å². The lowest BCUT2D eigenvalue weighted by Gasteiger charge is -2.23. The van der Waals surface area contributed by atoms with E-state index < -0.39 is 7.12 Å². The first-order valence-electron chi connectivity index (χ1n) is 5.59. The Morgan fingerprint density at radius 2 is 1.75 bits per heavy atom. The lowest BCUT2D eigenvalue weighted by atomic mass is 9.80. The van der Waals surface area contributed by atoms with Crippen LogP contribution in [0.5, 0.6) is 5.75 Å². The van der Waals surface area contributed by atoms with Crippen LogP contribution in [-0.4, -0.2) is 36.4 Å². The summed E-state index contributed by atoms with van der Waals surface area (Å²) >= 11 is 0. The van der Waals surface area contributed by atoms with Crippen molar-refractivity contribution in [2.45, 2.75) is 18.9 Å². The number of piperidine rings is 1. The van der Waals surface area contributed by atoms with Gasteiger partial charge in [0.1, 0.15) is 11.9 Å². The summed E-state index contributed by atoms with van der Waals surface area (Å²) in [6.45, 7) is 2.00. The second kappa shape index (κ2) is 5.34. The molecule has 0 atom stereocenters. The average Bonchev–Trinajstić information content (AvgIpc) is 2.31. The Bertz CT molecular complexity index is 323. The molecule has 1 aromatic carbocycles. The number of nitrogens with one attached hydrogen (secondary N) is 1. The van der Waals surface area contributed by atoms with Crippen LogP contribution in [-0.2, 0) is 0 Å². The van der Waals surface area contributed by atoms with Gasteiger partial charge in [0.2, 0.25) is 0 Å². The van der Waals surface area contributed by atoms with E-state index in [9.17, 15) is 0 Å². The number of rotatable bonds is 3. The van der Waals surface area contributed by atoms with Crippen LogP contribution in [0.1, 0.15) is 12.8 Å². The zero-order valence-electron chi connectivity index (χ0n) is 9.10. The molecule has 0 unspecified atom stereocenters. The lowest BCUT2D eigenvalue weighted by Crippen LogP contribution is -2.34. The molecule has 1 saturated heterocycles. The van der Waals surface area contributed by atoms with Crippen LogP contribution in [0.25, 0.3) is 0 Å². The first-order chi connectivity index (χ1) is 7.75. The summed E-state index contributed by atoms with van der Waals surface area (Å²) in [6.07, 6.45) is 2.31. The Morgan fingerprint density at radius 1 is 1.12 bits per heavy atom. The third-order valence-corrected chi connectivity index (χ3v) is 2.77. The van der Waals surface area contributed by atoms with E-state index in [1.165, 1.54) is 0 Å². The van der Waals surface area contributed by atoms with Crippen LogP contribution in [0.15, 0.2) is 24.3 Å².